The van der Waals surface area contributed by atoms with Gasteiger partial charge in [-0.1, -0.05) is 12.1 Å². The van der Waals surface area contributed by atoms with Crippen LogP contribution in [-0.2, 0) is 11.3 Å². The van der Waals surface area contributed by atoms with Gasteiger partial charge in [-0.25, -0.2) is 0 Å². The minimum absolute atomic E-state index is 0.497. The molecule has 1 atom stereocenters. The van der Waals surface area contributed by atoms with Crippen molar-refractivity contribution in [2.24, 2.45) is 0 Å². The molecule has 3 rings (SSSR count). The van der Waals surface area contributed by atoms with Crippen LogP contribution in [0, 0.1) is 6.92 Å². The third kappa shape index (κ3) is 2.24. The van der Waals surface area contributed by atoms with Crippen LogP contribution in [0.25, 0.3) is 10.9 Å². The molecule has 0 amide bonds. The van der Waals surface area contributed by atoms with Crippen molar-refractivity contribution in [2.75, 3.05) is 13.2 Å². The molecule has 0 aliphatic carbocycles. The Hall–Kier alpha value is -1.45. The predicted octanol–water partition coefficient (Wildman–Crippen LogP) is 2.42. The lowest BCUT2D eigenvalue weighted by atomic mass is 10.0. The van der Waals surface area contributed by atoms with Gasteiger partial charge in [-0.15, -0.1) is 0 Å². The Labute approximate surface area is 107 Å². The molecule has 0 bridgehead atoms. The molecular weight excluding hydrogens is 224 g/mol. The number of hydrogen-bond acceptors (Lipinski definition) is 3. The summed E-state index contributed by atoms with van der Waals surface area (Å²) in [6.45, 7) is 4.77. The van der Waals surface area contributed by atoms with Gasteiger partial charge in [0, 0.05) is 30.8 Å². The second-order valence-corrected chi connectivity index (χ2v) is 4.87. The van der Waals surface area contributed by atoms with Gasteiger partial charge in [0.15, 0.2) is 0 Å². The summed E-state index contributed by atoms with van der Waals surface area (Å²) < 4.78 is 5.39. The number of ether oxygens (including phenoxy) is 1. The van der Waals surface area contributed by atoms with Gasteiger partial charge in [-0.05, 0) is 36.6 Å². The van der Waals surface area contributed by atoms with E-state index in [-0.39, 0.29) is 0 Å². The van der Waals surface area contributed by atoms with Crippen LogP contribution in [0.3, 0.4) is 0 Å². The lowest BCUT2D eigenvalue weighted by molar-refractivity contribution is 0.190. The first-order valence-electron chi connectivity index (χ1n) is 6.49. The van der Waals surface area contributed by atoms with E-state index in [0.29, 0.717) is 6.04 Å². The molecule has 1 saturated heterocycles. The average Bonchev–Trinajstić information content (AvgIpc) is 2.91. The van der Waals surface area contributed by atoms with Gasteiger partial charge in [-0.2, -0.15) is 0 Å². The molecule has 1 aromatic heterocycles. The smallest absolute Gasteiger partial charge is 0.0705 e. The Bertz CT molecular complexity index is 547. The first kappa shape index (κ1) is 11.6. The van der Waals surface area contributed by atoms with E-state index < -0.39 is 0 Å². The second kappa shape index (κ2) is 5.04. The van der Waals surface area contributed by atoms with Gasteiger partial charge in [-0.3, -0.25) is 4.98 Å². The molecule has 3 heteroatoms. The van der Waals surface area contributed by atoms with Crippen molar-refractivity contribution < 1.29 is 4.74 Å². The highest BCUT2D eigenvalue weighted by atomic mass is 16.5. The fraction of sp³-hybridized carbons (Fsp3) is 0.400. The summed E-state index contributed by atoms with van der Waals surface area (Å²) in [6.07, 6.45) is 2.96. The van der Waals surface area contributed by atoms with Gasteiger partial charge >= 0.3 is 0 Å². The van der Waals surface area contributed by atoms with Gasteiger partial charge in [0.25, 0.3) is 0 Å². The van der Waals surface area contributed by atoms with E-state index in [1.165, 1.54) is 16.5 Å². The zero-order valence-corrected chi connectivity index (χ0v) is 10.6. The highest BCUT2D eigenvalue weighted by Gasteiger charge is 2.15. The molecule has 1 aliphatic rings. The molecule has 1 fully saturated rings. The van der Waals surface area contributed by atoms with Crippen molar-refractivity contribution in [3.8, 4) is 0 Å². The van der Waals surface area contributed by atoms with Crippen LogP contribution in [0.2, 0.25) is 0 Å². The Morgan fingerprint density at radius 3 is 3.17 bits per heavy atom. The summed E-state index contributed by atoms with van der Waals surface area (Å²) in [5.41, 5.74) is 3.75. The third-order valence-electron chi connectivity index (χ3n) is 3.63. The number of pyridine rings is 1. The number of fused-ring (bicyclic) bond motifs is 1. The Balaban J connectivity index is 1.87. The van der Waals surface area contributed by atoms with E-state index in [0.717, 1.165) is 31.7 Å². The van der Waals surface area contributed by atoms with Crippen molar-refractivity contribution in [3.05, 3.63) is 41.6 Å². The highest BCUT2D eigenvalue weighted by molar-refractivity contribution is 5.83. The molecule has 1 unspecified atom stereocenters. The number of aryl methyl sites for hydroxylation is 1. The Kier molecular flexibility index (Phi) is 3.26. The molecule has 2 aromatic rings. The Morgan fingerprint density at radius 2 is 2.33 bits per heavy atom. The molecule has 3 nitrogen and oxygen atoms in total. The quantitative estimate of drug-likeness (QED) is 0.897. The van der Waals surface area contributed by atoms with E-state index in [1.807, 2.05) is 12.3 Å². The number of aromatic nitrogens is 1. The molecule has 18 heavy (non-hydrogen) atoms. The van der Waals surface area contributed by atoms with Crippen LogP contribution < -0.4 is 5.32 Å². The zero-order valence-electron chi connectivity index (χ0n) is 10.6. The zero-order chi connectivity index (χ0) is 12.4. The molecule has 0 radical (unpaired) electrons. The van der Waals surface area contributed by atoms with Gasteiger partial charge in [0.1, 0.15) is 0 Å². The van der Waals surface area contributed by atoms with Crippen LogP contribution in [0.1, 0.15) is 17.5 Å². The van der Waals surface area contributed by atoms with Crippen molar-refractivity contribution in [1.82, 2.24) is 10.3 Å². The van der Waals surface area contributed by atoms with Crippen molar-refractivity contribution in [3.63, 3.8) is 0 Å². The summed E-state index contributed by atoms with van der Waals surface area (Å²) in [4.78, 5) is 4.41. The van der Waals surface area contributed by atoms with E-state index in [9.17, 15) is 0 Å². The minimum Gasteiger partial charge on any atom is -0.380 e. The minimum atomic E-state index is 0.497. The topological polar surface area (TPSA) is 34.2 Å². The summed E-state index contributed by atoms with van der Waals surface area (Å²) >= 11 is 0. The SMILES string of the molecule is Cc1ccc2ncccc2c1CNC1CCOC1. The Morgan fingerprint density at radius 1 is 1.39 bits per heavy atom. The van der Waals surface area contributed by atoms with Gasteiger partial charge < -0.3 is 10.1 Å². The monoisotopic (exact) mass is 242 g/mol. The molecule has 1 N–H and O–H groups in total. The largest absolute Gasteiger partial charge is 0.380 e. The number of hydrogen-bond donors (Lipinski definition) is 1. The standard InChI is InChI=1S/C15H18N2O/c1-11-4-5-15-13(3-2-7-16-15)14(11)9-17-12-6-8-18-10-12/h2-5,7,12,17H,6,8-10H2,1H3. The number of nitrogens with one attached hydrogen (secondary N) is 1. The fourth-order valence-corrected chi connectivity index (χ4v) is 2.50. The normalized spacial score (nSPS) is 19.5. The van der Waals surface area contributed by atoms with Crippen LogP contribution in [-0.4, -0.2) is 24.2 Å². The molecule has 1 aromatic carbocycles. The molecular formula is C15H18N2O. The molecule has 0 spiro atoms. The third-order valence-corrected chi connectivity index (χ3v) is 3.63. The lowest BCUT2D eigenvalue weighted by Crippen LogP contribution is -2.28. The second-order valence-electron chi connectivity index (χ2n) is 4.87. The average molecular weight is 242 g/mol. The predicted molar refractivity (Wildman–Crippen MR) is 72.5 cm³/mol. The van der Waals surface area contributed by atoms with E-state index >= 15 is 0 Å². The van der Waals surface area contributed by atoms with Crippen molar-refractivity contribution >= 4 is 10.9 Å². The van der Waals surface area contributed by atoms with E-state index in [4.69, 9.17) is 4.74 Å². The summed E-state index contributed by atoms with van der Waals surface area (Å²) in [5.74, 6) is 0. The molecule has 1 aliphatic heterocycles. The van der Waals surface area contributed by atoms with Crippen molar-refractivity contribution in [2.45, 2.75) is 25.9 Å². The lowest BCUT2D eigenvalue weighted by Gasteiger charge is -2.14. The van der Waals surface area contributed by atoms with Crippen LogP contribution in [0.5, 0.6) is 0 Å². The van der Waals surface area contributed by atoms with E-state index in [1.54, 1.807) is 0 Å². The number of nitrogens with zero attached hydrogens (tertiary/aromatic N) is 1. The first-order chi connectivity index (χ1) is 8.84. The highest BCUT2D eigenvalue weighted by Crippen LogP contribution is 2.20. The first-order valence-corrected chi connectivity index (χ1v) is 6.49. The van der Waals surface area contributed by atoms with Gasteiger partial charge in [0.2, 0.25) is 0 Å². The van der Waals surface area contributed by atoms with Gasteiger partial charge in [0.05, 0.1) is 12.1 Å². The summed E-state index contributed by atoms with van der Waals surface area (Å²) in [6, 6.07) is 8.89. The van der Waals surface area contributed by atoms with Crippen molar-refractivity contribution in [1.29, 1.82) is 0 Å². The number of benzene rings is 1. The maximum absolute atomic E-state index is 5.39. The summed E-state index contributed by atoms with van der Waals surface area (Å²) in [7, 11) is 0. The van der Waals surface area contributed by atoms with E-state index in [2.05, 4.69) is 35.4 Å². The van der Waals surface area contributed by atoms with Crippen LogP contribution >= 0.6 is 0 Å². The maximum atomic E-state index is 5.39. The maximum Gasteiger partial charge on any atom is 0.0705 e. The van der Waals surface area contributed by atoms with Crippen LogP contribution in [0.15, 0.2) is 30.5 Å². The number of rotatable bonds is 3. The van der Waals surface area contributed by atoms with Crippen LogP contribution in [0.4, 0.5) is 0 Å². The molecule has 2 heterocycles. The molecule has 0 saturated carbocycles. The fourth-order valence-electron chi connectivity index (χ4n) is 2.50. The summed E-state index contributed by atoms with van der Waals surface area (Å²) in [5, 5.41) is 4.83. The molecule has 94 valence electrons.